The fraction of sp³-hybridized carbons (Fsp3) is 0.333. The molecule has 1 aromatic carbocycles. The SMILES string of the molecule is Cc1cc(Cl)cc(Cl)c1CCN. The molecule has 1 rings (SSSR count). The van der Waals surface area contributed by atoms with Crippen molar-refractivity contribution in [2.24, 2.45) is 5.73 Å². The van der Waals surface area contributed by atoms with Crippen LogP contribution in [0, 0.1) is 6.92 Å². The smallest absolute Gasteiger partial charge is 0.0455 e. The lowest BCUT2D eigenvalue weighted by Gasteiger charge is -2.07. The summed E-state index contributed by atoms with van der Waals surface area (Å²) in [5.74, 6) is 0. The molecule has 0 aliphatic rings. The molecule has 0 heterocycles. The van der Waals surface area contributed by atoms with Crippen molar-refractivity contribution in [3.63, 3.8) is 0 Å². The zero-order valence-electron chi connectivity index (χ0n) is 6.90. The van der Waals surface area contributed by atoms with Gasteiger partial charge in [0.25, 0.3) is 0 Å². The molecule has 0 unspecified atom stereocenters. The van der Waals surface area contributed by atoms with Crippen LogP contribution >= 0.6 is 23.2 Å². The molecule has 0 saturated heterocycles. The van der Waals surface area contributed by atoms with Gasteiger partial charge in [-0.3, -0.25) is 0 Å². The summed E-state index contributed by atoms with van der Waals surface area (Å²) in [5.41, 5.74) is 7.65. The van der Waals surface area contributed by atoms with Gasteiger partial charge >= 0.3 is 0 Å². The van der Waals surface area contributed by atoms with Crippen molar-refractivity contribution in [2.45, 2.75) is 13.3 Å². The molecule has 0 amide bonds. The maximum atomic E-state index is 5.97. The Kier molecular flexibility index (Phi) is 3.39. The molecule has 0 spiro atoms. The first kappa shape index (κ1) is 9.85. The van der Waals surface area contributed by atoms with Gasteiger partial charge < -0.3 is 5.73 Å². The van der Waals surface area contributed by atoms with Crippen molar-refractivity contribution in [2.75, 3.05) is 6.54 Å². The fourth-order valence-electron chi connectivity index (χ4n) is 1.19. The number of hydrogen-bond donors (Lipinski definition) is 1. The van der Waals surface area contributed by atoms with Crippen LogP contribution in [0.3, 0.4) is 0 Å². The molecule has 66 valence electrons. The normalized spacial score (nSPS) is 10.3. The Bertz CT molecular complexity index is 261. The minimum absolute atomic E-state index is 0.613. The second kappa shape index (κ2) is 4.13. The van der Waals surface area contributed by atoms with E-state index in [9.17, 15) is 0 Å². The summed E-state index contributed by atoms with van der Waals surface area (Å²) in [6, 6.07) is 3.65. The highest BCUT2D eigenvalue weighted by Gasteiger charge is 2.04. The Hall–Kier alpha value is -0.240. The van der Waals surface area contributed by atoms with E-state index in [1.807, 2.05) is 13.0 Å². The largest absolute Gasteiger partial charge is 0.330 e. The van der Waals surface area contributed by atoms with E-state index in [0.29, 0.717) is 16.6 Å². The van der Waals surface area contributed by atoms with Gasteiger partial charge in [-0.15, -0.1) is 0 Å². The highest BCUT2D eigenvalue weighted by atomic mass is 35.5. The summed E-state index contributed by atoms with van der Waals surface area (Å²) in [6.45, 7) is 2.60. The second-order valence-electron chi connectivity index (χ2n) is 2.72. The Labute approximate surface area is 82.5 Å². The third-order valence-electron chi connectivity index (χ3n) is 1.78. The minimum Gasteiger partial charge on any atom is -0.330 e. The Morgan fingerprint density at radius 2 is 2.00 bits per heavy atom. The summed E-state index contributed by atoms with van der Waals surface area (Å²) in [5, 5.41) is 1.39. The third-order valence-corrected chi connectivity index (χ3v) is 2.33. The van der Waals surface area contributed by atoms with E-state index in [1.54, 1.807) is 6.07 Å². The average molecular weight is 204 g/mol. The van der Waals surface area contributed by atoms with Crippen LogP contribution in [0.25, 0.3) is 0 Å². The van der Waals surface area contributed by atoms with Gasteiger partial charge in [0.15, 0.2) is 0 Å². The van der Waals surface area contributed by atoms with E-state index in [1.165, 1.54) is 0 Å². The average Bonchev–Trinajstić information content (AvgIpc) is 1.96. The lowest BCUT2D eigenvalue weighted by molar-refractivity contribution is 0.958. The van der Waals surface area contributed by atoms with Crippen LogP contribution in [0.1, 0.15) is 11.1 Å². The maximum absolute atomic E-state index is 5.97. The molecule has 0 aliphatic heterocycles. The van der Waals surface area contributed by atoms with Gasteiger partial charge in [0.2, 0.25) is 0 Å². The molecule has 0 atom stereocenters. The van der Waals surface area contributed by atoms with Gasteiger partial charge in [0, 0.05) is 10.0 Å². The van der Waals surface area contributed by atoms with E-state index < -0.39 is 0 Å². The van der Waals surface area contributed by atoms with Gasteiger partial charge in [-0.25, -0.2) is 0 Å². The molecular weight excluding hydrogens is 193 g/mol. The Morgan fingerprint density at radius 1 is 1.33 bits per heavy atom. The highest BCUT2D eigenvalue weighted by molar-refractivity contribution is 6.35. The quantitative estimate of drug-likeness (QED) is 0.787. The highest BCUT2D eigenvalue weighted by Crippen LogP contribution is 2.24. The summed E-state index contributed by atoms with van der Waals surface area (Å²) in [6.07, 6.45) is 0.807. The molecule has 12 heavy (non-hydrogen) atoms. The maximum Gasteiger partial charge on any atom is 0.0455 e. The van der Waals surface area contributed by atoms with Crippen LogP contribution in [0.15, 0.2) is 12.1 Å². The van der Waals surface area contributed by atoms with Gasteiger partial charge in [-0.1, -0.05) is 23.2 Å². The summed E-state index contributed by atoms with van der Waals surface area (Å²) in [4.78, 5) is 0. The van der Waals surface area contributed by atoms with Crippen LogP contribution in [-0.2, 0) is 6.42 Å². The Morgan fingerprint density at radius 3 is 2.50 bits per heavy atom. The van der Waals surface area contributed by atoms with Gasteiger partial charge in [-0.2, -0.15) is 0 Å². The molecule has 0 radical (unpaired) electrons. The number of nitrogens with two attached hydrogens (primary N) is 1. The van der Waals surface area contributed by atoms with Crippen molar-refractivity contribution in [1.29, 1.82) is 0 Å². The third kappa shape index (κ3) is 2.13. The van der Waals surface area contributed by atoms with Crippen LogP contribution in [0.4, 0.5) is 0 Å². The first-order valence-corrected chi connectivity index (χ1v) is 4.55. The first-order valence-electron chi connectivity index (χ1n) is 3.79. The zero-order chi connectivity index (χ0) is 9.14. The van der Waals surface area contributed by atoms with Gasteiger partial charge in [-0.05, 0) is 43.1 Å². The molecule has 0 fully saturated rings. The first-order chi connectivity index (χ1) is 5.65. The number of hydrogen-bond acceptors (Lipinski definition) is 1. The number of halogens is 2. The van der Waals surface area contributed by atoms with Crippen molar-refractivity contribution in [3.05, 3.63) is 33.3 Å². The van der Waals surface area contributed by atoms with Crippen LogP contribution in [0.2, 0.25) is 10.0 Å². The zero-order valence-corrected chi connectivity index (χ0v) is 8.41. The van der Waals surface area contributed by atoms with E-state index in [4.69, 9.17) is 28.9 Å². The summed E-state index contributed by atoms with van der Waals surface area (Å²) >= 11 is 11.8. The lowest BCUT2D eigenvalue weighted by Crippen LogP contribution is -2.04. The molecular formula is C9H11Cl2N. The summed E-state index contributed by atoms with van der Waals surface area (Å²) < 4.78 is 0. The van der Waals surface area contributed by atoms with Crippen molar-refractivity contribution in [3.8, 4) is 0 Å². The van der Waals surface area contributed by atoms with E-state index in [2.05, 4.69) is 0 Å². The predicted molar refractivity (Wildman–Crippen MR) is 54.0 cm³/mol. The predicted octanol–water partition coefficient (Wildman–Crippen LogP) is 2.80. The number of benzene rings is 1. The topological polar surface area (TPSA) is 26.0 Å². The van der Waals surface area contributed by atoms with E-state index >= 15 is 0 Å². The standard InChI is InChI=1S/C9H11Cl2N/c1-6-4-7(10)5-9(11)8(6)2-3-12/h4-5H,2-3,12H2,1H3. The molecule has 1 nitrogen and oxygen atoms in total. The number of aryl methyl sites for hydroxylation is 1. The van der Waals surface area contributed by atoms with Crippen LogP contribution < -0.4 is 5.73 Å². The Balaban J connectivity index is 3.10. The molecule has 0 aromatic heterocycles. The number of rotatable bonds is 2. The van der Waals surface area contributed by atoms with Crippen molar-refractivity contribution >= 4 is 23.2 Å². The lowest BCUT2D eigenvalue weighted by atomic mass is 10.1. The minimum atomic E-state index is 0.613. The molecule has 0 saturated carbocycles. The van der Waals surface area contributed by atoms with Gasteiger partial charge in [0.05, 0.1) is 0 Å². The van der Waals surface area contributed by atoms with Crippen LogP contribution in [-0.4, -0.2) is 6.54 Å². The second-order valence-corrected chi connectivity index (χ2v) is 3.57. The molecule has 3 heteroatoms. The van der Waals surface area contributed by atoms with E-state index in [0.717, 1.165) is 17.5 Å². The van der Waals surface area contributed by atoms with Crippen molar-refractivity contribution < 1.29 is 0 Å². The van der Waals surface area contributed by atoms with Crippen LogP contribution in [0.5, 0.6) is 0 Å². The van der Waals surface area contributed by atoms with E-state index in [-0.39, 0.29) is 0 Å². The van der Waals surface area contributed by atoms with Gasteiger partial charge in [0.1, 0.15) is 0 Å². The van der Waals surface area contributed by atoms with Crippen molar-refractivity contribution in [1.82, 2.24) is 0 Å². The fourth-order valence-corrected chi connectivity index (χ4v) is 1.88. The molecule has 1 aromatic rings. The summed E-state index contributed by atoms with van der Waals surface area (Å²) in [7, 11) is 0. The monoisotopic (exact) mass is 203 g/mol. The molecule has 0 bridgehead atoms. The molecule has 2 N–H and O–H groups in total. The molecule has 0 aliphatic carbocycles.